The van der Waals surface area contributed by atoms with Gasteiger partial charge < -0.3 is 11.1 Å². The maximum absolute atomic E-state index is 12.2. The Morgan fingerprint density at radius 1 is 1.52 bits per heavy atom. The third-order valence-electron chi connectivity index (χ3n) is 3.58. The molecule has 1 amide bonds. The molecule has 5 nitrogen and oxygen atoms in total. The van der Waals surface area contributed by atoms with E-state index in [0.29, 0.717) is 23.4 Å². The molecule has 1 aromatic carbocycles. The summed E-state index contributed by atoms with van der Waals surface area (Å²) in [6, 6.07) is 6.19. The maximum atomic E-state index is 12.2. The molecule has 1 saturated carbocycles. The third kappa shape index (κ3) is 3.51. The summed E-state index contributed by atoms with van der Waals surface area (Å²) >= 11 is 1.46. The van der Waals surface area contributed by atoms with Crippen LogP contribution in [0.5, 0.6) is 0 Å². The number of benzene rings is 1. The van der Waals surface area contributed by atoms with Gasteiger partial charge >= 0.3 is 0 Å². The number of rotatable bonds is 6. The van der Waals surface area contributed by atoms with E-state index < -0.39 is 0 Å². The molecule has 112 valence electrons. The van der Waals surface area contributed by atoms with Crippen molar-refractivity contribution in [1.82, 2.24) is 9.88 Å². The second-order valence-corrected chi connectivity index (χ2v) is 6.53. The second-order valence-electron chi connectivity index (χ2n) is 5.50. The van der Waals surface area contributed by atoms with Crippen molar-refractivity contribution in [1.29, 1.82) is 0 Å². The normalized spacial score (nSPS) is 14.8. The number of nitrogens with zero attached hydrogens (tertiary/aromatic N) is 2. The van der Waals surface area contributed by atoms with Crippen LogP contribution in [0, 0.1) is 0 Å². The van der Waals surface area contributed by atoms with Gasteiger partial charge in [-0.2, -0.15) is 0 Å². The van der Waals surface area contributed by atoms with E-state index >= 15 is 0 Å². The van der Waals surface area contributed by atoms with Crippen LogP contribution in [0.25, 0.3) is 10.2 Å². The number of thiazole rings is 1. The lowest BCUT2D eigenvalue weighted by molar-refractivity contribution is -0.117. The van der Waals surface area contributed by atoms with Gasteiger partial charge in [0.2, 0.25) is 5.91 Å². The topological polar surface area (TPSA) is 71.2 Å². The monoisotopic (exact) mass is 304 g/mol. The predicted octanol–water partition coefficient (Wildman–Crippen LogP) is 2.69. The number of nitrogens with one attached hydrogen (secondary N) is 1. The van der Waals surface area contributed by atoms with E-state index in [4.69, 9.17) is 5.73 Å². The summed E-state index contributed by atoms with van der Waals surface area (Å²) in [6.07, 6.45) is 3.51. The molecular weight excluding hydrogens is 284 g/mol. The highest BCUT2D eigenvalue weighted by atomic mass is 32.1. The molecule has 1 aliphatic carbocycles. The largest absolute Gasteiger partial charge is 0.399 e. The number of carbonyl (C=O) groups excluding carboxylic acids is 1. The quantitative estimate of drug-likeness (QED) is 0.805. The predicted molar refractivity (Wildman–Crippen MR) is 87.5 cm³/mol. The van der Waals surface area contributed by atoms with E-state index in [2.05, 4.69) is 22.1 Å². The van der Waals surface area contributed by atoms with Gasteiger partial charge in [0.05, 0.1) is 16.8 Å². The number of aromatic nitrogens is 1. The van der Waals surface area contributed by atoms with Crippen molar-refractivity contribution >= 4 is 38.3 Å². The van der Waals surface area contributed by atoms with E-state index in [1.807, 2.05) is 18.2 Å². The molecule has 1 aromatic heterocycles. The Morgan fingerprint density at radius 3 is 3.05 bits per heavy atom. The third-order valence-corrected chi connectivity index (χ3v) is 4.51. The summed E-state index contributed by atoms with van der Waals surface area (Å²) in [5.74, 6) is 0.0161. The Balaban J connectivity index is 1.65. The van der Waals surface area contributed by atoms with E-state index in [1.165, 1.54) is 24.2 Å². The summed E-state index contributed by atoms with van der Waals surface area (Å²) < 4.78 is 0.998. The van der Waals surface area contributed by atoms with E-state index in [-0.39, 0.29) is 5.91 Å². The van der Waals surface area contributed by atoms with Gasteiger partial charge in [-0.15, -0.1) is 0 Å². The molecule has 0 atom stereocenters. The van der Waals surface area contributed by atoms with E-state index in [0.717, 1.165) is 23.2 Å². The molecule has 0 spiro atoms. The Bertz CT molecular complexity index is 650. The minimum atomic E-state index is 0.0161. The molecule has 0 saturated heterocycles. The molecule has 1 heterocycles. The van der Waals surface area contributed by atoms with Crippen LogP contribution in [0.2, 0.25) is 0 Å². The fourth-order valence-corrected chi connectivity index (χ4v) is 3.39. The number of hydrogen-bond donors (Lipinski definition) is 2. The van der Waals surface area contributed by atoms with Crippen molar-refractivity contribution in [2.45, 2.75) is 32.2 Å². The Hall–Kier alpha value is -1.66. The first kappa shape index (κ1) is 14.3. The number of hydrogen-bond acceptors (Lipinski definition) is 5. The smallest absolute Gasteiger partial charge is 0.240 e. The molecule has 6 heteroatoms. The van der Waals surface area contributed by atoms with Crippen LogP contribution in [0.3, 0.4) is 0 Å². The van der Waals surface area contributed by atoms with Crippen molar-refractivity contribution in [2.75, 3.05) is 24.1 Å². The zero-order valence-electron chi connectivity index (χ0n) is 12.1. The van der Waals surface area contributed by atoms with Crippen LogP contribution in [-0.2, 0) is 4.79 Å². The van der Waals surface area contributed by atoms with Gasteiger partial charge in [0, 0.05) is 11.7 Å². The first-order chi connectivity index (χ1) is 10.2. The minimum absolute atomic E-state index is 0.0161. The fourth-order valence-electron chi connectivity index (χ4n) is 2.46. The van der Waals surface area contributed by atoms with Crippen LogP contribution in [0.4, 0.5) is 10.8 Å². The van der Waals surface area contributed by atoms with Gasteiger partial charge in [0.1, 0.15) is 0 Å². The van der Waals surface area contributed by atoms with Crippen LogP contribution >= 0.6 is 11.3 Å². The van der Waals surface area contributed by atoms with Crippen molar-refractivity contribution in [3.8, 4) is 0 Å². The Morgan fingerprint density at radius 2 is 2.33 bits per heavy atom. The van der Waals surface area contributed by atoms with Crippen LogP contribution < -0.4 is 11.1 Å². The zero-order valence-corrected chi connectivity index (χ0v) is 12.9. The van der Waals surface area contributed by atoms with Crippen LogP contribution in [-0.4, -0.2) is 34.9 Å². The summed E-state index contributed by atoms with van der Waals surface area (Å²) in [5.41, 5.74) is 7.35. The Labute approximate surface area is 128 Å². The van der Waals surface area contributed by atoms with E-state index in [9.17, 15) is 4.79 Å². The molecule has 1 fully saturated rings. The highest BCUT2D eigenvalue weighted by molar-refractivity contribution is 7.22. The maximum Gasteiger partial charge on any atom is 0.240 e. The minimum Gasteiger partial charge on any atom is -0.399 e. The molecule has 0 radical (unpaired) electrons. The standard InChI is InChI=1S/C15H20N4OS/c1-2-7-19(11-4-5-11)9-14(20)18-15-17-12-6-3-10(16)8-13(12)21-15/h3,6,8,11H,2,4-5,7,9,16H2,1H3,(H,17,18,20). The van der Waals surface area contributed by atoms with Crippen molar-refractivity contribution < 1.29 is 4.79 Å². The molecular formula is C15H20N4OS. The van der Waals surface area contributed by atoms with Gasteiger partial charge in [-0.3, -0.25) is 9.69 Å². The van der Waals surface area contributed by atoms with Gasteiger partial charge in [0.15, 0.2) is 5.13 Å². The first-order valence-corrected chi connectivity index (χ1v) is 8.17. The van der Waals surface area contributed by atoms with Crippen LogP contribution in [0.15, 0.2) is 18.2 Å². The first-order valence-electron chi connectivity index (χ1n) is 7.35. The number of nitrogens with two attached hydrogens (primary N) is 1. The van der Waals surface area contributed by atoms with E-state index in [1.54, 1.807) is 0 Å². The van der Waals surface area contributed by atoms with Crippen molar-refractivity contribution in [3.63, 3.8) is 0 Å². The van der Waals surface area contributed by atoms with Crippen LogP contribution in [0.1, 0.15) is 26.2 Å². The lowest BCUT2D eigenvalue weighted by Gasteiger charge is -2.19. The SMILES string of the molecule is CCCN(CC(=O)Nc1nc2ccc(N)cc2s1)C1CC1. The average Bonchev–Trinajstić information content (AvgIpc) is 3.20. The molecule has 0 aliphatic heterocycles. The van der Waals surface area contributed by atoms with Gasteiger partial charge in [-0.1, -0.05) is 18.3 Å². The van der Waals surface area contributed by atoms with Gasteiger partial charge in [-0.05, 0) is 44.0 Å². The highest BCUT2D eigenvalue weighted by Gasteiger charge is 2.29. The number of anilines is 2. The lowest BCUT2D eigenvalue weighted by Crippen LogP contribution is -2.35. The zero-order chi connectivity index (χ0) is 14.8. The molecule has 0 unspecified atom stereocenters. The lowest BCUT2D eigenvalue weighted by atomic mass is 10.3. The molecule has 3 rings (SSSR count). The molecule has 0 bridgehead atoms. The summed E-state index contributed by atoms with van der Waals surface area (Å²) in [5, 5.41) is 3.55. The van der Waals surface area contributed by atoms with Gasteiger partial charge in [-0.25, -0.2) is 4.98 Å². The van der Waals surface area contributed by atoms with Gasteiger partial charge in [0.25, 0.3) is 0 Å². The summed E-state index contributed by atoms with van der Waals surface area (Å²) in [6.45, 7) is 3.58. The summed E-state index contributed by atoms with van der Waals surface area (Å²) in [4.78, 5) is 18.8. The number of carbonyl (C=O) groups is 1. The number of nitrogen functional groups attached to an aromatic ring is 1. The van der Waals surface area contributed by atoms with Crippen molar-refractivity contribution in [2.24, 2.45) is 0 Å². The summed E-state index contributed by atoms with van der Waals surface area (Å²) in [7, 11) is 0. The highest BCUT2D eigenvalue weighted by Crippen LogP contribution is 2.28. The second kappa shape index (κ2) is 5.99. The molecule has 21 heavy (non-hydrogen) atoms. The average molecular weight is 304 g/mol. The molecule has 3 N–H and O–H groups in total. The number of amides is 1. The number of fused-ring (bicyclic) bond motifs is 1. The molecule has 1 aliphatic rings. The fraction of sp³-hybridized carbons (Fsp3) is 0.467. The van der Waals surface area contributed by atoms with Crippen molar-refractivity contribution in [3.05, 3.63) is 18.2 Å². The Kier molecular flexibility index (Phi) is 4.07. The molecule has 2 aromatic rings.